The van der Waals surface area contributed by atoms with Crippen LogP contribution in [0.4, 0.5) is 0 Å². The summed E-state index contributed by atoms with van der Waals surface area (Å²) in [5.41, 5.74) is 1.28. The van der Waals surface area contributed by atoms with E-state index in [0.29, 0.717) is 43.1 Å². The SMILES string of the molecule is O=C1CCC(N2Cc3c(OCCCN4CCCC4C(=O)Oc4cccc5cnccc45)cccc3C2=O)C(=O)N1. The molecule has 2 fully saturated rings. The molecule has 3 amide bonds. The number of hydrogen-bond donors (Lipinski definition) is 1. The Morgan fingerprint density at radius 3 is 2.77 bits per heavy atom. The molecule has 0 saturated carbocycles. The van der Waals surface area contributed by atoms with Gasteiger partial charge >= 0.3 is 5.97 Å². The van der Waals surface area contributed by atoms with Gasteiger partial charge in [0.25, 0.3) is 5.91 Å². The molecule has 0 aliphatic carbocycles. The van der Waals surface area contributed by atoms with Gasteiger partial charge in [0.15, 0.2) is 0 Å². The number of imide groups is 1. The first-order chi connectivity index (χ1) is 19.5. The quantitative estimate of drug-likeness (QED) is 0.200. The second-order valence-corrected chi connectivity index (χ2v) is 10.4. The van der Waals surface area contributed by atoms with Crippen molar-refractivity contribution in [2.75, 3.05) is 19.7 Å². The average Bonchev–Trinajstić information content (AvgIpc) is 3.56. The smallest absolute Gasteiger partial charge is 0.328 e. The molecule has 2 atom stereocenters. The number of ether oxygens (including phenoxy) is 2. The first-order valence-corrected chi connectivity index (χ1v) is 13.7. The molecule has 2 saturated heterocycles. The van der Waals surface area contributed by atoms with E-state index in [1.54, 1.807) is 30.6 Å². The number of fused-ring (bicyclic) bond motifs is 2. The molecule has 10 heteroatoms. The third-order valence-corrected chi connectivity index (χ3v) is 7.87. The van der Waals surface area contributed by atoms with Gasteiger partial charge in [0.1, 0.15) is 23.6 Å². The zero-order valence-corrected chi connectivity index (χ0v) is 22.0. The molecule has 4 heterocycles. The lowest BCUT2D eigenvalue weighted by Gasteiger charge is -2.29. The standard InChI is InChI=1S/C30H30N4O6/c35-27-11-10-23(28(36)32-27)34-18-22-21(29(34)37)6-2-8-25(22)39-16-4-15-33-14-3-7-24(33)30(38)40-26-9-1-5-19-17-31-13-12-20(19)26/h1-2,5-6,8-9,12-13,17,23-24H,3-4,7,10-11,14-16,18H2,(H,32,35,36). The van der Waals surface area contributed by atoms with E-state index in [1.807, 2.05) is 24.3 Å². The fraction of sp³-hybridized carbons (Fsp3) is 0.367. The molecular weight excluding hydrogens is 512 g/mol. The molecule has 6 rings (SSSR count). The molecular formula is C30H30N4O6. The van der Waals surface area contributed by atoms with E-state index in [1.165, 1.54) is 4.90 Å². The highest BCUT2D eigenvalue weighted by Crippen LogP contribution is 2.34. The molecule has 1 aromatic heterocycles. The number of carbonyl (C=O) groups excluding carboxylic acids is 4. The second kappa shape index (κ2) is 11.1. The number of piperidine rings is 1. The van der Waals surface area contributed by atoms with Crippen LogP contribution in [0.25, 0.3) is 10.8 Å². The maximum absolute atomic E-state index is 13.1. The Morgan fingerprint density at radius 1 is 1.05 bits per heavy atom. The van der Waals surface area contributed by atoms with Crippen molar-refractivity contribution in [1.29, 1.82) is 0 Å². The Morgan fingerprint density at radius 2 is 1.90 bits per heavy atom. The van der Waals surface area contributed by atoms with E-state index in [2.05, 4.69) is 15.2 Å². The van der Waals surface area contributed by atoms with Crippen LogP contribution in [0, 0.1) is 0 Å². The van der Waals surface area contributed by atoms with Crippen LogP contribution in [0.15, 0.2) is 54.9 Å². The summed E-state index contributed by atoms with van der Waals surface area (Å²) in [4.78, 5) is 57.8. The fourth-order valence-corrected chi connectivity index (χ4v) is 5.86. The molecule has 0 radical (unpaired) electrons. The monoisotopic (exact) mass is 542 g/mol. The highest BCUT2D eigenvalue weighted by Gasteiger charge is 2.40. The van der Waals surface area contributed by atoms with Crippen molar-refractivity contribution >= 4 is 34.5 Å². The molecule has 3 aromatic rings. The van der Waals surface area contributed by atoms with Crippen LogP contribution in [0.2, 0.25) is 0 Å². The molecule has 10 nitrogen and oxygen atoms in total. The zero-order valence-electron chi connectivity index (χ0n) is 22.0. The number of likely N-dealkylation sites (tertiary alicyclic amines) is 1. The minimum atomic E-state index is -0.664. The van der Waals surface area contributed by atoms with Gasteiger partial charge in [-0.05, 0) is 56.5 Å². The molecule has 0 bridgehead atoms. The summed E-state index contributed by atoms with van der Waals surface area (Å²) in [6.07, 6.45) is 6.33. The Bertz CT molecular complexity index is 1480. The minimum Gasteiger partial charge on any atom is -0.493 e. The van der Waals surface area contributed by atoms with Gasteiger partial charge in [0.2, 0.25) is 11.8 Å². The fourth-order valence-electron chi connectivity index (χ4n) is 5.86. The molecule has 2 unspecified atom stereocenters. The van der Waals surface area contributed by atoms with Crippen molar-refractivity contribution in [3.63, 3.8) is 0 Å². The second-order valence-electron chi connectivity index (χ2n) is 10.4. The Labute approximate surface area is 231 Å². The van der Waals surface area contributed by atoms with E-state index in [4.69, 9.17) is 9.47 Å². The van der Waals surface area contributed by atoms with E-state index in [0.717, 1.165) is 35.7 Å². The van der Waals surface area contributed by atoms with Crippen LogP contribution in [0.1, 0.15) is 48.0 Å². The molecule has 3 aliphatic heterocycles. The lowest BCUT2D eigenvalue weighted by molar-refractivity contribution is -0.139. The van der Waals surface area contributed by atoms with E-state index >= 15 is 0 Å². The summed E-state index contributed by atoms with van der Waals surface area (Å²) in [6.45, 7) is 2.17. The summed E-state index contributed by atoms with van der Waals surface area (Å²) in [5.74, 6) is -0.0704. The number of esters is 1. The van der Waals surface area contributed by atoms with Crippen molar-refractivity contribution in [3.8, 4) is 11.5 Å². The van der Waals surface area contributed by atoms with Gasteiger partial charge in [0, 0.05) is 47.3 Å². The van der Waals surface area contributed by atoms with Crippen molar-refractivity contribution < 1.29 is 28.7 Å². The highest BCUT2D eigenvalue weighted by molar-refractivity contribution is 6.05. The first-order valence-electron chi connectivity index (χ1n) is 13.7. The number of amides is 3. The maximum atomic E-state index is 13.1. The van der Waals surface area contributed by atoms with Crippen LogP contribution in [0.5, 0.6) is 11.5 Å². The largest absolute Gasteiger partial charge is 0.493 e. The lowest BCUT2D eigenvalue weighted by Crippen LogP contribution is -2.52. The third-order valence-electron chi connectivity index (χ3n) is 7.87. The van der Waals surface area contributed by atoms with E-state index in [-0.39, 0.29) is 36.8 Å². The van der Waals surface area contributed by atoms with Gasteiger partial charge in [-0.1, -0.05) is 18.2 Å². The van der Waals surface area contributed by atoms with Gasteiger partial charge in [-0.25, -0.2) is 4.79 Å². The number of pyridine rings is 1. The number of hydrogen-bond acceptors (Lipinski definition) is 8. The van der Waals surface area contributed by atoms with E-state index < -0.39 is 11.9 Å². The Hall–Kier alpha value is -4.31. The summed E-state index contributed by atoms with van der Waals surface area (Å²) >= 11 is 0. The van der Waals surface area contributed by atoms with Crippen LogP contribution >= 0.6 is 0 Å². The Balaban J connectivity index is 1.04. The summed E-state index contributed by atoms with van der Waals surface area (Å²) in [6, 6.07) is 11.8. The number of carbonyl (C=O) groups is 4. The van der Waals surface area contributed by atoms with Crippen molar-refractivity contribution in [2.24, 2.45) is 0 Å². The predicted molar refractivity (Wildman–Crippen MR) is 145 cm³/mol. The number of nitrogens with zero attached hydrogens (tertiary/aromatic N) is 3. The van der Waals surface area contributed by atoms with Crippen LogP contribution in [-0.4, -0.2) is 70.3 Å². The van der Waals surface area contributed by atoms with Gasteiger partial charge in [0.05, 0.1) is 13.2 Å². The first kappa shape index (κ1) is 25.9. The van der Waals surface area contributed by atoms with Gasteiger partial charge in [-0.2, -0.15) is 0 Å². The van der Waals surface area contributed by atoms with Crippen molar-refractivity contribution in [1.82, 2.24) is 20.1 Å². The molecule has 2 aromatic carbocycles. The lowest BCUT2D eigenvalue weighted by atomic mass is 10.0. The van der Waals surface area contributed by atoms with Gasteiger partial charge in [-0.15, -0.1) is 0 Å². The van der Waals surface area contributed by atoms with E-state index in [9.17, 15) is 19.2 Å². The molecule has 1 N–H and O–H groups in total. The predicted octanol–water partition coefficient (Wildman–Crippen LogP) is 2.83. The van der Waals surface area contributed by atoms with Crippen molar-refractivity contribution in [2.45, 2.75) is 50.7 Å². The molecule has 0 spiro atoms. The summed E-state index contributed by atoms with van der Waals surface area (Å²) < 4.78 is 11.9. The summed E-state index contributed by atoms with van der Waals surface area (Å²) in [7, 11) is 0. The van der Waals surface area contributed by atoms with Crippen LogP contribution < -0.4 is 14.8 Å². The molecule has 3 aliphatic rings. The Kier molecular flexibility index (Phi) is 7.17. The van der Waals surface area contributed by atoms with Gasteiger partial charge < -0.3 is 14.4 Å². The third kappa shape index (κ3) is 5.02. The number of rotatable bonds is 8. The number of aromatic nitrogens is 1. The maximum Gasteiger partial charge on any atom is 0.328 e. The minimum absolute atomic E-state index is 0.213. The average molecular weight is 543 g/mol. The number of nitrogens with one attached hydrogen (secondary N) is 1. The highest BCUT2D eigenvalue weighted by atomic mass is 16.5. The van der Waals surface area contributed by atoms with Crippen molar-refractivity contribution in [3.05, 3.63) is 66.0 Å². The zero-order chi connectivity index (χ0) is 27.6. The normalized spacial score (nSPS) is 21.0. The van der Waals surface area contributed by atoms with Crippen LogP contribution in [0.3, 0.4) is 0 Å². The number of benzene rings is 2. The molecule has 40 heavy (non-hydrogen) atoms. The van der Waals surface area contributed by atoms with Crippen LogP contribution in [-0.2, 0) is 20.9 Å². The molecule has 206 valence electrons. The summed E-state index contributed by atoms with van der Waals surface area (Å²) in [5, 5.41) is 4.10. The topological polar surface area (TPSA) is 118 Å². The van der Waals surface area contributed by atoms with Gasteiger partial charge in [-0.3, -0.25) is 29.6 Å².